The lowest BCUT2D eigenvalue weighted by Crippen LogP contribution is -2.46. The van der Waals surface area contributed by atoms with Crippen molar-refractivity contribution in [2.45, 2.75) is 25.0 Å². The van der Waals surface area contributed by atoms with Gasteiger partial charge >= 0.3 is 5.97 Å². The second-order valence-corrected chi connectivity index (χ2v) is 5.67. The quantitative estimate of drug-likeness (QED) is 0.730. The number of amides is 1. The van der Waals surface area contributed by atoms with Crippen LogP contribution in [-0.2, 0) is 16.0 Å². The van der Waals surface area contributed by atoms with Gasteiger partial charge in [0.15, 0.2) is 0 Å². The van der Waals surface area contributed by atoms with Gasteiger partial charge in [-0.2, -0.15) is 0 Å². The van der Waals surface area contributed by atoms with Gasteiger partial charge < -0.3 is 20.4 Å². The maximum Gasteiger partial charge on any atom is 0.326 e. The van der Waals surface area contributed by atoms with Gasteiger partial charge in [0.2, 0.25) is 5.91 Å². The van der Waals surface area contributed by atoms with E-state index >= 15 is 0 Å². The van der Waals surface area contributed by atoms with Gasteiger partial charge in [-0.1, -0.05) is 18.2 Å². The Labute approximate surface area is 122 Å². The minimum absolute atomic E-state index is 0.105. The molecule has 1 aromatic carbocycles. The SMILES string of the molecule is O=C(O)[C@H]1C[C@@H](O)CN1C(=O)C1CNc2ccccc2C1. The maximum absolute atomic E-state index is 12.6. The number of para-hydroxylation sites is 1. The van der Waals surface area contributed by atoms with E-state index in [0.29, 0.717) is 13.0 Å². The number of aliphatic hydroxyl groups is 1. The van der Waals surface area contributed by atoms with Crippen LogP contribution in [0.2, 0.25) is 0 Å². The summed E-state index contributed by atoms with van der Waals surface area (Å²) in [5.74, 6) is -1.53. The van der Waals surface area contributed by atoms with Crippen LogP contribution in [0.25, 0.3) is 0 Å². The summed E-state index contributed by atoms with van der Waals surface area (Å²) in [6, 6.07) is 6.88. The molecule has 3 atom stereocenters. The zero-order chi connectivity index (χ0) is 15.0. The first kappa shape index (κ1) is 13.9. The van der Waals surface area contributed by atoms with E-state index in [-0.39, 0.29) is 24.8 Å². The molecule has 0 saturated carbocycles. The third kappa shape index (κ3) is 2.58. The van der Waals surface area contributed by atoms with Gasteiger partial charge in [-0.3, -0.25) is 4.79 Å². The average molecular weight is 290 g/mol. The van der Waals surface area contributed by atoms with Crippen LogP contribution in [0.3, 0.4) is 0 Å². The van der Waals surface area contributed by atoms with Crippen molar-refractivity contribution in [3.63, 3.8) is 0 Å². The van der Waals surface area contributed by atoms with Gasteiger partial charge in [0.25, 0.3) is 0 Å². The zero-order valence-corrected chi connectivity index (χ0v) is 11.5. The molecule has 2 aliphatic rings. The first-order valence-corrected chi connectivity index (χ1v) is 7.09. The monoisotopic (exact) mass is 290 g/mol. The highest BCUT2D eigenvalue weighted by atomic mass is 16.4. The Morgan fingerprint density at radius 3 is 2.81 bits per heavy atom. The number of nitrogens with zero attached hydrogens (tertiary/aromatic N) is 1. The predicted octanol–water partition coefficient (Wildman–Crippen LogP) is 0.317. The maximum atomic E-state index is 12.6. The number of nitrogens with one attached hydrogen (secondary N) is 1. The van der Waals surface area contributed by atoms with Crippen LogP contribution in [0, 0.1) is 5.92 Å². The van der Waals surface area contributed by atoms with E-state index < -0.39 is 18.1 Å². The summed E-state index contributed by atoms with van der Waals surface area (Å²) in [5.41, 5.74) is 2.09. The standard InChI is InChI=1S/C15H18N2O4/c18-11-6-13(15(20)21)17(8-11)14(19)10-5-9-3-1-2-4-12(9)16-7-10/h1-4,10-11,13,16,18H,5-8H2,(H,20,21)/t10?,11-,13-/m1/s1. The highest BCUT2D eigenvalue weighted by Crippen LogP contribution is 2.28. The lowest BCUT2D eigenvalue weighted by molar-refractivity contribution is -0.149. The minimum atomic E-state index is -1.05. The molecule has 2 aliphatic heterocycles. The lowest BCUT2D eigenvalue weighted by atomic mass is 9.92. The number of carbonyl (C=O) groups excluding carboxylic acids is 1. The molecular weight excluding hydrogens is 272 g/mol. The van der Waals surface area contributed by atoms with Crippen molar-refractivity contribution < 1.29 is 19.8 Å². The Bertz CT molecular complexity index is 575. The summed E-state index contributed by atoms with van der Waals surface area (Å²) >= 11 is 0. The third-order valence-electron chi connectivity index (χ3n) is 4.22. The summed E-state index contributed by atoms with van der Waals surface area (Å²) in [6.45, 7) is 0.600. The van der Waals surface area contributed by atoms with E-state index in [4.69, 9.17) is 0 Å². The van der Waals surface area contributed by atoms with E-state index in [1.807, 2.05) is 24.3 Å². The van der Waals surface area contributed by atoms with Crippen molar-refractivity contribution in [1.29, 1.82) is 0 Å². The number of carbonyl (C=O) groups is 2. The zero-order valence-electron chi connectivity index (χ0n) is 11.5. The molecule has 1 fully saturated rings. The van der Waals surface area contributed by atoms with E-state index in [2.05, 4.69) is 5.32 Å². The molecule has 112 valence electrons. The largest absolute Gasteiger partial charge is 0.480 e. The van der Waals surface area contributed by atoms with Gasteiger partial charge in [0.1, 0.15) is 6.04 Å². The Kier molecular flexibility index (Phi) is 3.55. The number of hydrogen-bond donors (Lipinski definition) is 3. The van der Waals surface area contributed by atoms with Crippen LogP contribution in [0.1, 0.15) is 12.0 Å². The normalized spacial score (nSPS) is 27.9. The van der Waals surface area contributed by atoms with Gasteiger partial charge in [-0.15, -0.1) is 0 Å². The topological polar surface area (TPSA) is 89.9 Å². The molecule has 3 rings (SSSR count). The molecule has 0 aromatic heterocycles. The van der Waals surface area contributed by atoms with Crippen LogP contribution in [0.15, 0.2) is 24.3 Å². The molecule has 3 N–H and O–H groups in total. The van der Waals surface area contributed by atoms with Gasteiger partial charge in [0, 0.05) is 25.2 Å². The van der Waals surface area contributed by atoms with Crippen molar-refractivity contribution >= 4 is 17.6 Å². The first-order chi connectivity index (χ1) is 10.1. The van der Waals surface area contributed by atoms with E-state index in [0.717, 1.165) is 11.3 Å². The molecule has 6 heteroatoms. The number of rotatable bonds is 2. The van der Waals surface area contributed by atoms with Crippen LogP contribution < -0.4 is 5.32 Å². The predicted molar refractivity (Wildman–Crippen MR) is 75.9 cm³/mol. The van der Waals surface area contributed by atoms with Crippen molar-refractivity contribution in [2.24, 2.45) is 5.92 Å². The van der Waals surface area contributed by atoms with E-state index in [1.165, 1.54) is 4.90 Å². The summed E-state index contributed by atoms with van der Waals surface area (Å²) < 4.78 is 0. The van der Waals surface area contributed by atoms with Gasteiger partial charge in [0.05, 0.1) is 12.0 Å². The van der Waals surface area contributed by atoms with Crippen molar-refractivity contribution in [3.05, 3.63) is 29.8 Å². The summed E-state index contributed by atoms with van der Waals surface area (Å²) in [4.78, 5) is 25.1. The molecule has 0 aliphatic carbocycles. The number of carboxylic acid groups (broad SMARTS) is 1. The highest BCUT2D eigenvalue weighted by Gasteiger charge is 2.41. The van der Waals surface area contributed by atoms with Crippen molar-refractivity contribution in [3.8, 4) is 0 Å². The highest BCUT2D eigenvalue weighted by molar-refractivity contribution is 5.87. The molecule has 0 bridgehead atoms. The molecule has 6 nitrogen and oxygen atoms in total. The van der Waals surface area contributed by atoms with Crippen molar-refractivity contribution in [2.75, 3.05) is 18.4 Å². The molecule has 0 spiro atoms. The number of aliphatic carboxylic acids is 1. The fourth-order valence-corrected chi connectivity index (χ4v) is 3.14. The smallest absolute Gasteiger partial charge is 0.326 e. The minimum Gasteiger partial charge on any atom is -0.480 e. The molecule has 1 aromatic rings. The van der Waals surface area contributed by atoms with Crippen molar-refractivity contribution in [1.82, 2.24) is 4.90 Å². The molecule has 21 heavy (non-hydrogen) atoms. The fraction of sp³-hybridized carbons (Fsp3) is 0.467. The number of aliphatic hydroxyl groups excluding tert-OH is 1. The Balaban J connectivity index is 1.76. The van der Waals surface area contributed by atoms with Gasteiger partial charge in [-0.05, 0) is 18.1 Å². The fourth-order valence-electron chi connectivity index (χ4n) is 3.14. The molecule has 2 heterocycles. The summed E-state index contributed by atoms with van der Waals surface area (Å²) in [6.07, 6.45) is -0.0439. The third-order valence-corrected chi connectivity index (χ3v) is 4.22. The van der Waals surface area contributed by atoms with Gasteiger partial charge in [-0.25, -0.2) is 4.79 Å². The number of anilines is 1. The second kappa shape index (κ2) is 5.37. The molecule has 1 unspecified atom stereocenters. The average Bonchev–Trinajstić information content (AvgIpc) is 2.88. The Hall–Kier alpha value is -2.08. The number of hydrogen-bond acceptors (Lipinski definition) is 4. The van der Waals surface area contributed by atoms with Crippen LogP contribution >= 0.6 is 0 Å². The lowest BCUT2D eigenvalue weighted by Gasteiger charge is -2.30. The van der Waals surface area contributed by atoms with Crippen LogP contribution in [0.4, 0.5) is 5.69 Å². The number of fused-ring (bicyclic) bond motifs is 1. The molecular formula is C15H18N2O4. The Morgan fingerprint density at radius 1 is 1.29 bits per heavy atom. The van der Waals surface area contributed by atoms with Crippen LogP contribution in [-0.4, -0.2) is 52.2 Å². The summed E-state index contributed by atoms with van der Waals surface area (Å²) in [5, 5.41) is 22.1. The number of carboxylic acids is 1. The van der Waals surface area contributed by atoms with Crippen LogP contribution in [0.5, 0.6) is 0 Å². The van der Waals surface area contributed by atoms with E-state index in [1.54, 1.807) is 0 Å². The molecule has 0 radical (unpaired) electrons. The number of benzene rings is 1. The van der Waals surface area contributed by atoms with E-state index in [9.17, 15) is 19.8 Å². The number of β-amino-alcohol motifs (C(OH)–C–C–N with tert-alkyl or cyclic N) is 1. The summed E-state index contributed by atoms with van der Waals surface area (Å²) in [7, 11) is 0. The molecule has 1 saturated heterocycles. The first-order valence-electron chi connectivity index (χ1n) is 7.09. The molecule has 1 amide bonds. The Morgan fingerprint density at radius 2 is 2.05 bits per heavy atom. The number of likely N-dealkylation sites (tertiary alicyclic amines) is 1. The second-order valence-electron chi connectivity index (χ2n) is 5.67.